The number of nitrogens with zero attached hydrogens (tertiary/aromatic N) is 2. The highest BCUT2D eigenvalue weighted by Crippen LogP contribution is 2.34. The van der Waals surface area contributed by atoms with Gasteiger partial charge in [-0.1, -0.05) is 11.6 Å². The fraction of sp³-hybridized carbons (Fsp3) is 0.348. The van der Waals surface area contributed by atoms with Crippen molar-refractivity contribution in [2.75, 3.05) is 31.7 Å². The molecule has 174 valence electrons. The molecule has 2 N–H and O–H groups in total. The lowest BCUT2D eigenvalue weighted by Crippen LogP contribution is -2.27. The second-order valence-electron chi connectivity index (χ2n) is 7.57. The number of benzene rings is 2. The quantitative estimate of drug-likeness (QED) is 0.471. The van der Waals surface area contributed by atoms with Crippen molar-refractivity contribution >= 4 is 40.0 Å². The molecular weight excluding hydrogens is 451 g/mol. The average Bonchev–Trinajstić information content (AvgIpc) is 2.80. The Balaban J connectivity index is 1.58. The van der Waals surface area contributed by atoms with E-state index in [0.717, 1.165) is 18.2 Å². The summed E-state index contributed by atoms with van der Waals surface area (Å²) < 4.78 is 31.0. The van der Waals surface area contributed by atoms with Crippen LogP contribution in [0.1, 0.15) is 19.8 Å². The van der Waals surface area contributed by atoms with E-state index in [1.54, 1.807) is 18.3 Å². The van der Waals surface area contributed by atoms with E-state index in [4.69, 9.17) is 25.8 Å². The van der Waals surface area contributed by atoms with Gasteiger partial charge in [-0.3, -0.25) is 4.79 Å². The van der Waals surface area contributed by atoms with Gasteiger partial charge in [0, 0.05) is 43.1 Å². The number of nitrogens with one attached hydrogen (secondary N) is 2. The lowest BCUT2D eigenvalue weighted by Gasteiger charge is -2.24. The molecule has 1 aromatic heterocycles. The van der Waals surface area contributed by atoms with E-state index in [-0.39, 0.29) is 23.6 Å². The van der Waals surface area contributed by atoms with Gasteiger partial charge in [0.1, 0.15) is 18.5 Å². The predicted octanol–water partition coefficient (Wildman–Crippen LogP) is 4.24. The Labute approximate surface area is 195 Å². The van der Waals surface area contributed by atoms with E-state index >= 15 is 0 Å². The summed E-state index contributed by atoms with van der Waals surface area (Å²) in [6, 6.07) is 7.91. The minimum atomic E-state index is -0.500. The molecule has 0 saturated carbocycles. The van der Waals surface area contributed by atoms with Gasteiger partial charge in [0.05, 0.1) is 30.3 Å². The first-order valence-corrected chi connectivity index (χ1v) is 11.0. The molecule has 3 aromatic rings. The van der Waals surface area contributed by atoms with Gasteiger partial charge in [-0.2, -0.15) is 0 Å². The third-order valence-corrected chi connectivity index (χ3v) is 5.31. The maximum absolute atomic E-state index is 13.4. The zero-order valence-electron chi connectivity index (χ0n) is 18.1. The van der Waals surface area contributed by atoms with E-state index in [1.165, 1.54) is 19.1 Å². The standard InChI is InChI=1S/C23H24ClFN4O4/c1-14(30)26-6-9-32-21-12-20-15(10-22(21)33-17-4-7-31-8-5-17)13-27-23(29-20)28-16-2-3-19(25)18(24)11-16/h2-3,10-13,17H,4-9H2,1H3,(H,26,30)(H,27,28,29). The zero-order chi connectivity index (χ0) is 23.2. The van der Waals surface area contributed by atoms with Crippen molar-refractivity contribution in [1.82, 2.24) is 15.3 Å². The van der Waals surface area contributed by atoms with Crippen molar-refractivity contribution in [1.29, 1.82) is 0 Å². The highest BCUT2D eigenvalue weighted by atomic mass is 35.5. The van der Waals surface area contributed by atoms with Gasteiger partial charge in [-0.25, -0.2) is 14.4 Å². The number of aromatic nitrogens is 2. The summed E-state index contributed by atoms with van der Waals surface area (Å²) in [7, 11) is 0. The van der Waals surface area contributed by atoms with E-state index in [0.29, 0.717) is 48.4 Å². The summed E-state index contributed by atoms with van der Waals surface area (Å²) in [4.78, 5) is 20.0. The van der Waals surface area contributed by atoms with Gasteiger partial charge in [0.15, 0.2) is 11.5 Å². The maximum atomic E-state index is 13.4. The van der Waals surface area contributed by atoms with Crippen LogP contribution in [0, 0.1) is 5.82 Å². The van der Waals surface area contributed by atoms with Crippen LogP contribution in [-0.2, 0) is 9.53 Å². The van der Waals surface area contributed by atoms with Crippen LogP contribution < -0.4 is 20.1 Å². The van der Waals surface area contributed by atoms with E-state index in [9.17, 15) is 9.18 Å². The smallest absolute Gasteiger partial charge is 0.227 e. The summed E-state index contributed by atoms with van der Waals surface area (Å²) in [5, 5.41) is 6.50. The summed E-state index contributed by atoms with van der Waals surface area (Å²) in [5.74, 6) is 0.813. The minimum absolute atomic E-state index is 0.00514. The number of hydrogen-bond donors (Lipinski definition) is 2. The molecule has 4 rings (SSSR count). The molecule has 1 amide bonds. The summed E-state index contributed by atoms with van der Waals surface area (Å²) >= 11 is 5.85. The molecule has 1 fully saturated rings. The number of carbonyl (C=O) groups is 1. The first-order chi connectivity index (χ1) is 16.0. The van der Waals surface area contributed by atoms with Gasteiger partial charge in [0.2, 0.25) is 11.9 Å². The van der Waals surface area contributed by atoms with Crippen LogP contribution in [0.25, 0.3) is 10.9 Å². The van der Waals surface area contributed by atoms with Gasteiger partial charge in [-0.15, -0.1) is 0 Å². The number of anilines is 2. The molecule has 0 bridgehead atoms. The highest BCUT2D eigenvalue weighted by molar-refractivity contribution is 6.31. The number of carbonyl (C=O) groups excluding carboxylic acids is 1. The first kappa shape index (κ1) is 23.0. The Morgan fingerprint density at radius 1 is 1.24 bits per heavy atom. The van der Waals surface area contributed by atoms with E-state index < -0.39 is 5.82 Å². The Morgan fingerprint density at radius 3 is 2.82 bits per heavy atom. The maximum Gasteiger partial charge on any atom is 0.227 e. The second kappa shape index (κ2) is 10.6. The molecular formula is C23H24ClFN4O4. The molecule has 0 atom stereocenters. The number of fused-ring (bicyclic) bond motifs is 1. The van der Waals surface area contributed by atoms with Crippen LogP contribution >= 0.6 is 11.6 Å². The minimum Gasteiger partial charge on any atom is -0.488 e. The van der Waals surface area contributed by atoms with Crippen LogP contribution in [-0.4, -0.2) is 48.3 Å². The molecule has 0 aliphatic carbocycles. The van der Waals surface area contributed by atoms with Crippen molar-refractivity contribution in [3.63, 3.8) is 0 Å². The number of hydrogen-bond acceptors (Lipinski definition) is 7. The molecule has 2 aromatic carbocycles. The highest BCUT2D eigenvalue weighted by Gasteiger charge is 2.19. The molecule has 8 nitrogen and oxygen atoms in total. The Morgan fingerprint density at radius 2 is 2.06 bits per heavy atom. The second-order valence-corrected chi connectivity index (χ2v) is 7.97. The van der Waals surface area contributed by atoms with Gasteiger partial charge in [-0.05, 0) is 24.3 Å². The van der Waals surface area contributed by atoms with Crippen molar-refractivity contribution < 1.29 is 23.4 Å². The largest absolute Gasteiger partial charge is 0.488 e. The zero-order valence-corrected chi connectivity index (χ0v) is 18.8. The summed E-state index contributed by atoms with van der Waals surface area (Å²) in [5.41, 5.74) is 1.20. The molecule has 0 spiro atoms. The lowest BCUT2D eigenvalue weighted by molar-refractivity contribution is -0.119. The fourth-order valence-corrected chi connectivity index (χ4v) is 3.55. The Bertz CT molecular complexity index is 1140. The molecule has 1 saturated heterocycles. The molecule has 1 aliphatic rings. The number of amides is 1. The molecule has 0 unspecified atom stereocenters. The molecule has 33 heavy (non-hydrogen) atoms. The normalized spacial score (nSPS) is 14.2. The molecule has 0 radical (unpaired) electrons. The van der Waals surface area contributed by atoms with Crippen molar-refractivity contribution in [2.24, 2.45) is 0 Å². The van der Waals surface area contributed by atoms with Crippen LogP contribution in [0.4, 0.5) is 16.0 Å². The number of halogens is 2. The third kappa shape index (κ3) is 6.21. The molecule has 2 heterocycles. The topological polar surface area (TPSA) is 94.6 Å². The van der Waals surface area contributed by atoms with Gasteiger partial charge >= 0.3 is 0 Å². The molecule has 1 aliphatic heterocycles. The van der Waals surface area contributed by atoms with Crippen molar-refractivity contribution in [2.45, 2.75) is 25.9 Å². The van der Waals surface area contributed by atoms with Crippen LogP contribution in [0.3, 0.4) is 0 Å². The van der Waals surface area contributed by atoms with Gasteiger partial charge < -0.3 is 24.8 Å². The van der Waals surface area contributed by atoms with E-state index in [1.807, 2.05) is 6.07 Å². The summed E-state index contributed by atoms with van der Waals surface area (Å²) in [6.45, 7) is 3.41. The lowest BCUT2D eigenvalue weighted by atomic mass is 10.1. The van der Waals surface area contributed by atoms with Crippen LogP contribution in [0.15, 0.2) is 36.5 Å². The first-order valence-electron chi connectivity index (χ1n) is 10.6. The Hall–Kier alpha value is -3.17. The third-order valence-electron chi connectivity index (χ3n) is 5.02. The van der Waals surface area contributed by atoms with Crippen LogP contribution in [0.5, 0.6) is 11.5 Å². The van der Waals surface area contributed by atoms with Crippen molar-refractivity contribution in [3.8, 4) is 11.5 Å². The SMILES string of the molecule is CC(=O)NCCOc1cc2nc(Nc3ccc(F)c(Cl)c3)ncc2cc1OC1CCOCC1. The van der Waals surface area contributed by atoms with Gasteiger partial charge in [0.25, 0.3) is 0 Å². The number of ether oxygens (including phenoxy) is 3. The average molecular weight is 475 g/mol. The molecule has 10 heteroatoms. The van der Waals surface area contributed by atoms with Crippen molar-refractivity contribution in [3.05, 3.63) is 47.4 Å². The van der Waals surface area contributed by atoms with E-state index in [2.05, 4.69) is 20.6 Å². The number of rotatable bonds is 8. The fourth-order valence-electron chi connectivity index (χ4n) is 3.37. The van der Waals surface area contributed by atoms with Crippen LogP contribution in [0.2, 0.25) is 5.02 Å². The Kier molecular flexibility index (Phi) is 7.41. The summed E-state index contributed by atoms with van der Waals surface area (Å²) in [6.07, 6.45) is 3.29. The monoisotopic (exact) mass is 474 g/mol. The predicted molar refractivity (Wildman–Crippen MR) is 123 cm³/mol.